The van der Waals surface area contributed by atoms with Crippen LogP contribution in [-0.2, 0) is 6.42 Å². The lowest BCUT2D eigenvalue weighted by molar-refractivity contribution is 0.406. The highest BCUT2D eigenvalue weighted by Crippen LogP contribution is 2.30. The average molecular weight is 296 g/mol. The molecule has 1 unspecified atom stereocenters. The summed E-state index contributed by atoms with van der Waals surface area (Å²) in [4.78, 5) is 0. The van der Waals surface area contributed by atoms with Crippen LogP contribution in [0.4, 0.5) is 0 Å². The van der Waals surface area contributed by atoms with Gasteiger partial charge in [-0.05, 0) is 60.2 Å². The molecule has 0 aliphatic rings. The van der Waals surface area contributed by atoms with E-state index in [0.29, 0.717) is 5.92 Å². The number of methoxy groups -OCH3 is 2. The molecule has 0 aromatic heterocycles. The van der Waals surface area contributed by atoms with E-state index >= 15 is 0 Å². The van der Waals surface area contributed by atoms with Gasteiger partial charge in [-0.15, -0.1) is 0 Å². The Bertz CT molecular complexity index is 627. The molecule has 0 bridgehead atoms. The summed E-state index contributed by atoms with van der Waals surface area (Å²) in [5.41, 5.74) is 3.75. The Labute approximate surface area is 133 Å². The van der Waals surface area contributed by atoms with Gasteiger partial charge in [0.1, 0.15) is 11.5 Å². The number of hydrogen-bond donors (Lipinski definition) is 0. The number of allylic oxidation sites excluding steroid dienone is 1. The minimum Gasteiger partial charge on any atom is -0.497 e. The summed E-state index contributed by atoms with van der Waals surface area (Å²) >= 11 is 0. The fourth-order valence-corrected chi connectivity index (χ4v) is 2.66. The van der Waals surface area contributed by atoms with Gasteiger partial charge in [0.2, 0.25) is 0 Å². The zero-order chi connectivity index (χ0) is 15.9. The molecule has 116 valence electrons. The van der Waals surface area contributed by atoms with E-state index in [1.807, 2.05) is 19.1 Å². The highest BCUT2D eigenvalue weighted by Gasteiger charge is 2.13. The highest BCUT2D eigenvalue weighted by molar-refractivity contribution is 5.54. The first-order valence-corrected chi connectivity index (χ1v) is 7.61. The standard InChI is InChI=1S/C20H24O2/c1-5-6-16-9-12-20(22-4)19(14-16)15(2)13-17-7-10-18(21-3)11-8-17/h5-12,14-15H,13H2,1-4H3. The summed E-state index contributed by atoms with van der Waals surface area (Å²) in [6.45, 7) is 4.27. The van der Waals surface area contributed by atoms with Crippen LogP contribution >= 0.6 is 0 Å². The fourth-order valence-electron chi connectivity index (χ4n) is 2.66. The van der Waals surface area contributed by atoms with Crippen LogP contribution in [0.3, 0.4) is 0 Å². The number of hydrogen-bond acceptors (Lipinski definition) is 2. The van der Waals surface area contributed by atoms with E-state index in [9.17, 15) is 0 Å². The Kier molecular flexibility index (Phi) is 5.65. The summed E-state index contributed by atoms with van der Waals surface area (Å²) in [5, 5.41) is 0. The molecule has 0 aliphatic heterocycles. The molecule has 22 heavy (non-hydrogen) atoms. The van der Waals surface area contributed by atoms with Crippen molar-refractivity contribution in [2.45, 2.75) is 26.2 Å². The van der Waals surface area contributed by atoms with E-state index in [4.69, 9.17) is 9.47 Å². The van der Waals surface area contributed by atoms with Crippen molar-refractivity contribution < 1.29 is 9.47 Å². The molecule has 0 N–H and O–H groups in total. The SMILES string of the molecule is CC=Cc1ccc(OC)c(C(C)Cc2ccc(OC)cc2)c1. The van der Waals surface area contributed by atoms with Crippen LogP contribution < -0.4 is 9.47 Å². The lowest BCUT2D eigenvalue weighted by Crippen LogP contribution is -2.02. The van der Waals surface area contributed by atoms with E-state index in [1.54, 1.807) is 14.2 Å². The van der Waals surface area contributed by atoms with Crippen LogP contribution in [0.15, 0.2) is 48.5 Å². The maximum atomic E-state index is 5.53. The summed E-state index contributed by atoms with van der Waals surface area (Å²) in [7, 11) is 3.42. The predicted molar refractivity (Wildman–Crippen MR) is 92.8 cm³/mol. The van der Waals surface area contributed by atoms with Crippen LogP contribution in [0.2, 0.25) is 0 Å². The van der Waals surface area contributed by atoms with Crippen molar-refractivity contribution in [1.82, 2.24) is 0 Å². The third kappa shape index (κ3) is 3.91. The maximum Gasteiger partial charge on any atom is 0.122 e. The normalized spacial score (nSPS) is 12.4. The highest BCUT2D eigenvalue weighted by atomic mass is 16.5. The fraction of sp³-hybridized carbons (Fsp3) is 0.300. The van der Waals surface area contributed by atoms with Crippen LogP contribution in [0, 0.1) is 0 Å². The minimum absolute atomic E-state index is 0.383. The Morgan fingerprint density at radius 1 is 1.00 bits per heavy atom. The summed E-state index contributed by atoms with van der Waals surface area (Å²) < 4.78 is 10.7. The molecule has 0 saturated carbocycles. The number of ether oxygens (including phenoxy) is 2. The molecule has 2 nitrogen and oxygen atoms in total. The molecule has 0 aliphatic carbocycles. The summed E-state index contributed by atoms with van der Waals surface area (Å²) in [6, 6.07) is 14.6. The molecule has 0 heterocycles. The zero-order valence-corrected chi connectivity index (χ0v) is 13.8. The third-order valence-electron chi connectivity index (χ3n) is 3.84. The van der Waals surface area contributed by atoms with E-state index in [-0.39, 0.29) is 0 Å². The van der Waals surface area contributed by atoms with Crippen LogP contribution in [0.25, 0.3) is 6.08 Å². The van der Waals surface area contributed by atoms with Crippen molar-refractivity contribution in [1.29, 1.82) is 0 Å². The predicted octanol–water partition coefficient (Wildman–Crippen LogP) is 5.08. The Morgan fingerprint density at radius 2 is 1.73 bits per heavy atom. The second-order valence-electron chi connectivity index (χ2n) is 5.45. The van der Waals surface area contributed by atoms with Crippen molar-refractivity contribution >= 4 is 6.08 Å². The van der Waals surface area contributed by atoms with Gasteiger partial charge >= 0.3 is 0 Å². The Balaban J connectivity index is 2.22. The molecule has 0 amide bonds. The smallest absolute Gasteiger partial charge is 0.122 e. The molecule has 2 aromatic carbocycles. The first-order chi connectivity index (χ1) is 10.7. The molecular weight excluding hydrogens is 272 g/mol. The number of rotatable bonds is 6. The van der Waals surface area contributed by atoms with Crippen molar-refractivity contribution in [2.75, 3.05) is 14.2 Å². The molecule has 1 atom stereocenters. The third-order valence-corrected chi connectivity index (χ3v) is 3.84. The van der Waals surface area contributed by atoms with Gasteiger partial charge in [0.25, 0.3) is 0 Å². The van der Waals surface area contributed by atoms with Crippen LogP contribution in [-0.4, -0.2) is 14.2 Å². The second-order valence-corrected chi connectivity index (χ2v) is 5.45. The largest absolute Gasteiger partial charge is 0.497 e. The Morgan fingerprint density at radius 3 is 2.32 bits per heavy atom. The van der Waals surface area contributed by atoms with Gasteiger partial charge in [0.05, 0.1) is 14.2 Å². The molecule has 2 aromatic rings. The van der Waals surface area contributed by atoms with Gasteiger partial charge in [0.15, 0.2) is 0 Å². The summed E-state index contributed by atoms with van der Waals surface area (Å²) in [5.74, 6) is 2.23. The topological polar surface area (TPSA) is 18.5 Å². The van der Waals surface area contributed by atoms with Crippen molar-refractivity contribution in [3.05, 3.63) is 65.2 Å². The molecule has 0 radical (unpaired) electrons. The lowest BCUT2D eigenvalue weighted by atomic mass is 9.91. The second kappa shape index (κ2) is 7.69. The first kappa shape index (κ1) is 16.2. The molecule has 2 rings (SSSR count). The van der Waals surface area contributed by atoms with Gasteiger partial charge in [-0.2, -0.15) is 0 Å². The van der Waals surface area contributed by atoms with E-state index in [2.05, 4.69) is 49.4 Å². The monoisotopic (exact) mass is 296 g/mol. The maximum absolute atomic E-state index is 5.53. The molecule has 2 heteroatoms. The quantitative estimate of drug-likeness (QED) is 0.739. The van der Waals surface area contributed by atoms with Crippen molar-refractivity contribution in [2.24, 2.45) is 0 Å². The first-order valence-electron chi connectivity index (χ1n) is 7.61. The summed E-state index contributed by atoms with van der Waals surface area (Å²) in [6.07, 6.45) is 5.14. The zero-order valence-electron chi connectivity index (χ0n) is 13.8. The van der Waals surface area contributed by atoms with Crippen molar-refractivity contribution in [3.63, 3.8) is 0 Å². The van der Waals surface area contributed by atoms with Crippen LogP contribution in [0.5, 0.6) is 11.5 Å². The molecular formula is C20H24O2. The van der Waals surface area contributed by atoms with Crippen molar-refractivity contribution in [3.8, 4) is 11.5 Å². The van der Waals surface area contributed by atoms with E-state index < -0.39 is 0 Å². The van der Waals surface area contributed by atoms with E-state index in [0.717, 1.165) is 17.9 Å². The Hall–Kier alpha value is -2.22. The van der Waals surface area contributed by atoms with Gasteiger partial charge in [0, 0.05) is 0 Å². The molecule has 0 fully saturated rings. The van der Waals surface area contributed by atoms with Gasteiger partial charge < -0.3 is 9.47 Å². The lowest BCUT2D eigenvalue weighted by Gasteiger charge is -2.17. The number of benzene rings is 2. The molecule has 0 spiro atoms. The van der Waals surface area contributed by atoms with Crippen LogP contribution in [0.1, 0.15) is 36.5 Å². The average Bonchev–Trinajstić information content (AvgIpc) is 2.55. The molecule has 0 saturated heterocycles. The van der Waals surface area contributed by atoms with Gasteiger partial charge in [-0.1, -0.05) is 37.3 Å². The van der Waals surface area contributed by atoms with Gasteiger partial charge in [-0.25, -0.2) is 0 Å². The van der Waals surface area contributed by atoms with Gasteiger partial charge in [-0.3, -0.25) is 0 Å². The van der Waals surface area contributed by atoms with E-state index in [1.165, 1.54) is 16.7 Å². The minimum atomic E-state index is 0.383.